The van der Waals surface area contributed by atoms with Crippen molar-refractivity contribution in [2.45, 2.75) is 38.1 Å². The zero-order valence-corrected chi connectivity index (χ0v) is 13.0. The van der Waals surface area contributed by atoms with Crippen LogP contribution in [-0.4, -0.2) is 17.0 Å². The highest BCUT2D eigenvalue weighted by molar-refractivity contribution is 6.30. The molecule has 1 atom stereocenters. The molecular formula is C17H20ClN3. The molecule has 1 aliphatic rings. The lowest BCUT2D eigenvalue weighted by atomic mass is 10.0. The third kappa shape index (κ3) is 3.42. The van der Waals surface area contributed by atoms with Gasteiger partial charge in [0.25, 0.3) is 0 Å². The van der Waals surface area contributed by atoms with Gasteiger partial charge in [0, 0.05) is 34.9 Å². The van der Waals surface area contributed by atoms with Crippen molar-refractivity contribution in [1.29, 1.82) is 0 Å². The second-order valence-corrected chi connectivity index (χ2v) is 6.01. The van der Waals surface area contributed by atoms with Crippen LogP contribution in [0.25, 0.3) is 0 Å². The minimum atomic E-state index is 0.395. The van der Waals surface area contributed by atoms with E-state index in [1.807, 2.05) is 37.5 Å². The normalized spacial score (nSPS) is 18.1. The Kier molecular flexibility index (Phi) is 4.51. The Labute approximate surface area is 130 Å². The van der Waals surface area contributed by atoms with Crippen LogP contribution in [0.3, 0.4) is 0 Å². The number of hydrogen-bond donors (Lipinski definition) is 1. The molecular weight excluding hydrogens is 282 g/mol. The molecule has 0 radical (unpaired) electrons. The minimum Gasteiger partial charge on any atom is -0.313 e. The van der Waals surface area contributed by atoms with Gasteiger partial charge >= 0.3 is 0 Å². The summed E-state index contributed by atoms with van der Waals surface area (Å²) in [7, 11) is 2.02. The van der Waals surface area contributed by atoms with E-state index in [4.69, 9.17) is 16.6 Å². The van der Waals surface area contributed by atoms with Gasteiger partial charge in [-0.05, 0) is 44.0 Å². The third-order valence-corrected chi connectivity index (χ3v) is 4.36. The number of nitrogens with one attached hydrogen (secondary N) is 1. The van der Waals surface area contributed by atoms with E-state index >= 15 is 0 Å². The van der Waals surface area contributed by atoms with Crippen molar-refractivity contribution in [3.63, 3.8) is 0 Å². The van der Waals surface area contributed by atoms with Crippen molar-refractivity contribution in [2.75, 3.05) is 7.05 Å². The van der Waals surface area contributed by atoms with Crippen LogP contribution in [0.1, 0.15) is 47.9 Å². The number of nitrogens with zero attached hydrogens (tertiary/aromatic N) is 2. The van der Waals surface area contributed by atoms with E-state index in [2.05, 4.69) is 10.3 Å². The number of benzene rings is 1. The number of aromatic nitrogens is 2. The summed E-state index contributed by atoms with van der Waals surface area (Å²) in [5, 5.41) is 4.14. The third-order valence-electron chi connectivity index (χ3n) is 4.11. The van der Waals surface area contributed by atoms with Gasteiger partial charge in [0.05, 0.1) is 0 Å². The molecule has 0 saturated heterocycles. The molecule has 0 saturated carbocycles. The second-order valence-electron chi connectivity index (χ2n) is 5.58. The molecule has 1 aromatic carbocycles. The number of hydrogen-bond acceptors (Lipinski definition) is 3. The maximum atomic E-state index is 5.92. The number of halogens is 1. The zero-order valence-electron chi connectivity index (χ0n) is 12.3. The van der Waals surface area contributed by atoms with Crippen LogP contribution in [-0.2, 0) is 12.8 Å². The Balaban J connectivity index is 1.85. The predicted octanol–water partition coefficient (Wildman–Crippen LogP) is 3.71. The molecule has 0 bridgehead atoms. The van der Waals surface area contributed by atoms with Gasteiger partial charge in [0.15, 0.2) is 0 Å². The smallest absolute Gasteiger partial charge is 0.132 e. The summed E-state index contributed by atoms with van der Waals surface area (Å²) in [6.07, 6.45) is 7.46. The maximum absolute atomic E-state index is 5.92. The van der Waals surface area contributed by atoms with Gasteiger partial charge in [-0.2, -0.15) is 0 Å². The average molecular weight is 302 g/mol. The molecule has 0 aliphatic heterocycles. The van der Waals surface area contributed by atoms with Crippen LogP contribution < -0.4 is 5.32 Å². The van der Waals surface area contributed by atoms with Crippen LogP contribution >= 0.6 is 11.6 Å². The molecule has 1 aliphatic carbocycles. The van der Waals surface area contributed by atoms with Crippen LogP contribution in [0.5, 0.6) is 0 Å². The van der Waals surface area contributed by atoms with Gasteiger partial charge in [0.2, 0.25) is 0 Å². The van der Waals surface area contributed by atoms with Crippen molar-refractivity contribution < 1.29 is 0 Å². The van der Waals surface area contributed by atoms with Gasteiger partial charge in [-0.3, -0.25) is 0 Å². The van der Waals surface area contributed by atoms with Gasteiger partial charge in [-0.25, -0.2) is 9.97 Å². The zero-order chi connectivity index (χ0) is 14.7. The summed E-state index contributed by atoms with van der Waals surface area (Å²) >= 11 is 5.92. The quantitative estimate of drug-likeness (QED) is 0.878. The molecule has 110 valence electrons. The van der Waals surface area contributed by atoms with E-state index in [0.29, 0.717) is 6.04 Å². The molecule has 1 unspecified atom stereocenters. The molecule has 3 rings (SSSR count). The Morgan fingerprint density at radius 3 is 2.81 bits per heavy atom. The summed E-state index contributed by atoms with van der Waals surface area (Å²) in [4.78, 5) is 9.37. The first-order valence-corrected chi connectivity index (χ1v) is 7.90. The van der Waals surface area contributed by atoms with Crippen molar-refractivity contribution in [3.05, 3.63) is 58.1 Å². The summed E-state index contributed by atoms with van der Waals surface area (Å²) in [5.41, 5.74) is 3.68. The fourth-order valence-electron chi connectivity index (χ4n) is 2.93. The second kappa shape index (κ2) is 6.54. The van der Waals surface area contributed by atoms with Crippen LogP contribution in [0, 0.1) is 0 Å². The van der Waals surface area contributed by atoms with Crippen molar-refractivity contribution in [3.8, 4) is 0 Å². The van der Waals surface area contributed by atoms with E-state index in [0.717, 1.165) is 23.7 Å². The first-order chi connectivity index (χ1) is 10.3. The summed E-state index contributed by atoms with van der Waals surface area (Å²) in [6, 6.07) is 8.29. The molecule has 0 amide bonds. The lowest BCUT2D eigenvalue weighted by molar-refractivity contribution is 0.531. The Hall–Kier alpha value is -1.45. The number of fused-ring (bicyclic) bond motifs is 1. The molecule has 1 aromatic heterocycles. The highest BCUT2D eigenvalue weighted by Crippen LogP contribution is 2.27. The van der Waals surface area contributed by atoms with E-state index in [-0.39, 0.29) is 0 Å². The Morgan fingerprint density at radius 2 is 2.05 bits per heavy atom. The fraction of sp³-hybridized carbons (Fsp3) is 0.412. The number of aryl methyl sites for hydroxylation is 1. The first kappa shape index (κ1) is 14.5. The van der Waals surface area contributed by atoms with Crippen molar-refractivity contribution >= 4 is 11.6 Å². The highest BCUT2D eigenvalue weighted by atomic mass is 35.5. The minimum absolute atomic E-state index is 0.395. The standard InChI is InChI=1S/C17H20ClN3/c1-19-15-4-2-3-5-16-14(15)11-20-17(21-16)10-12-6-8-13(18)9-7-12/h6-9,11,15,19H,2-5,10H2,1H3. The lowest BCUT2D eigenvalue weighted by Crippen LogP contribution is -2.18. The van der Waals surface area contributed by atoms with Gasteiger partial charge < -0.3 is 5.32 Å². The molecule has 2 aromatic rings. The SMILES string of the molecule is CNC1CCCCc2nc(Cc3ccc(Cl)cc3)ncc21. The summed E-state index contributed by atoms with van der Waals surface area (Å²) in [5.74, 6) is 0.896. The topological polar surface area (TPSA) is 37.8 Å². The molecule has 21 heavy (non-hydrogen) atoms. The van der Waals surface area contributed by atoms with Gasteiger partial charge in [-0.1, -0.05) is 30.2 Å². The molecule has 1 N–H and O–H groups in total. The van der Waals surface area contributed by atoms with Crippen LogP contribution in [0.4, 0.5) is 0 Å². The van der Waals surface area contributed by atoms with Crippen molar-refractivity contribution in [2.24, 2.45) is 0 Å². The van der Waals surface area contributed by atoms with Crippen LogP contribution in [0.15, 0.2) is 30.5 Å². The van der Waals surface area contributed by atoms with E-state index in [9.17, 15) is 0 Å². The predicted molar refractivity (Wildman–Crippen MR) is 85.6 cm³/mol. The Morgan fingerprint density at radius 1 is 1.24 bits per heavy atom. The summed E-state index contributed by atoms with van der Waals surface area (Å²) < 4.78 is 0. The van der Waals surface area contributed by atoms with Gasteiger partial charge in [0.1, 0.15) is 5.82 Å². The first-order valence-electron chi connectivity index (χ1n) is 7.52. The molecule has 0 spiro atoms. The largest absolute Gasteiger partial charge is 0.313 e. The fourth-order valence-corrected chi connectivity index (χ4v) is 3.05. The number of rotatable bonds is 3. The van der Waals surface area contributed by atoms with E-state index in [1.54, 1.807) is 0 Å². The lowest BCUT2D eigenvalue weighted by Gasteiger charge is -2.16. The Bertz CT molecular complexity index is 610. The molecule has 0 fully saturated rings. The maximum Gasteiger partial charge on any atom is 0.132 e. The summed E-state index contributed by atoms with van der Waals surface area (Å²) in [6.45, 7) is 0. The highest BCUT2D eigenvalue weighted by Gasteiger charge is 2.19. The molecule has 3 nitrogen and oxygen atoms in total. The van der Waals surface area contributed by atoms with E-state index < -0.39 is 0 Å². The average Bonchev–Trinajstić information content (AvgIpc) is 2.71. The van der Waals surface area contributed by atoms with Crippen LogP contribution in [0.2, 0.25) is 5.02 Å². The molecule has 4 heteroatoms. The van der Waals surface area contributed by atoms with Gasteiger partial charge in [-0.15, -0.1) is 0 Å². The van der Waals surface area contributed by atoms with Crippen molar-refractivity contribution in [1.82, 2.24) is 15.3 Å². The van der Waals surface area contributed by atoms with E-state index in [1.165, 1.54) is 36.1 Å². The monoisotopic (exact) mass is 301 g/mol. The molecule has 1 heterocycles.